The molecule has 2 aromatic carbocycles. The number of nitrogens with one attached hydrogen (secondary N) is 2. The Bertz CT molecular complexity index is 840. The third-order valence-corrected chi connectivity index (χ3v) is 3.44. The summed E-state index contributed by atoms with van der Waals surface area (Å²) in [6.45, 7) is 1.85. The number of Topliss-reactive ketones (excluding diaryl/α,β-unsaturated/α-hetero) is 1. The Hall–Kier alpha value is -2.11. The van der Waals surface area contributed by atoms with Crippen LogP contribution < -0.4 is 10.6 Å². The number of benzene rings is 2. The second-order valence-corrected chi connectivity index (χ2v) is 5.12. The fourth-order valence-electron chi connectivity index (χ4n) is 2.25. The van der Waals surface area contributed by atoms with Gasteiger partial charge in [0.2, 0.25) is 5.95 Å². The van der Waals surface area contributed by atoms with Crippen LogP contribution in [-0.4, -0.2) is 15.8 Å². The summed E-state index contributed by atoms with van der Waals surface area (Å²) in [5.74, 6) is 1.04. The number of aromatic nitrogens is 2. The second-order valence-electron chi connectivity index (χ2n) is 5.12. The van der Waals surface area contributed by atoms with Crippen molar-refractivity contribution in [2.24, 2.45) is 0 Å². The molecule has 0 atom stereocenters. The molecule has 0 saturated heterocycles. The molecule has 0 unspecified atom stereocenters. The Balaban J connectivity index is 0.00000225. The molecule has 0 aliphatic rings. The number of ketones is 1. The molecule has 6 heteroatoms. The van der Waals surface area contributed by atoms with Gasteiger partial charge in [0.05, 0.1) is 0 Å². The summed E-state index contributed by atoms with van der Waals surface area (Å²) in [4.78, 5) is 20.6. The Kier molecular flexibility index (Phi) is 7.22. The molecule has 25 heavy (non-hydrogen) atoms. The van der Waals surface area contributed by atoms with E-state index in [0.717, 1.165) is 5.69 Å². The molecule has 0 bridgehead atoms. The van der Waals surface area contributed by atoms with Crippen LogP contribution in [0.3, 0.4) is 0 Å². The maximum absolute atomic E-state index is 12.0. The van der Waals surface area contributed by atoms with Gasteiger partial charge in [-0.05, 0) is 30.1 Å². The summed E-state index contributed by atoms with van der Waals surface area (Å²) in [6, 6.07) is 20.0. The molecule has 1 radical (unpaired) electrons. The minimum absolute atomic E-state index is 0. The maximum atomic E-state index is 12.0. The molecule has 0 saturated carbocycles. The van der Waals surface area contributed by atoms with Crippen LogP contribution in [0.25, 0.3) is 0 Å². The van der Waals surface area contributed by atoms with Gasteiger partial charge in [-0.15, -0.1) is 6.20 Å². The fraction of sp³-hybridized carbons (Fsp3) is 0.105. The summed E-state index contributed by atoms with van der Waals surface area (Å²) in [6.07, 6.45) is 2.00. The Morgan fingerprint density at radius 3 is 2.52 bits per heavy atom. The third-order valence-electron chi connectivity index (χ3n) is 3.44. The van der Waals surface area contributed by atoms with Crippen molar-refractivity contribution in [2.75, 3.05) is 10.6 Å². The van der Waals surface area contributed by atoms with E-state index in [1.165, 1.54) is 0 Å². The number of nitrogens with zero attached hydrogens (tertiary/aromatic N) is 2. The standard InChI is InChI=1S/C19H17N4O.Y/c1-2-17(24)15-10-6-7-11-16(15)22-18-12-13-20-19(23-18)21-14-8-4-3-5-9-14;/h3-11,13H,2H2,1H3,(H2,20,21,22,23);/q-1;. The number of carbonyl (C=O) groups excluding carboxylic acids is 1. The molecule has 1 heterocycles. The van der Waals surface area contributed by atoms with Crippen molar-refractivity contribution in [3.63, 3.8) is 0 Å². The molecule has 0 spiro atoms. The largest absolute Gasteiger partial charge is 0.408 e. The second kappa shape index (κ2) is 9.40. The van der Waals surface area contributed by atoms with E-state index in [0.29, 0.717) is 29.4 Å². The Morgan fingerprint density at radius 1 is 1.04 bits per heavy atom. The van der Waals surface area contributed by atoms with Crippen molar-refractivity contribution in [1.29, 1.82) is 0 Å². The normalized spacial score (nSPS) is 9.80. The van der Waals surface area contributed by atoms with Crippen molar-refractivity contribution in [3.05, 3.63) is 72.4 Å². The number of rotatable bonds is 6. The van der Waals surface area contributed by atoms with Gasteiger partial charge in [0, 0.05) is 56.1 Å². The Labute approximate surface area is 172 Å². The minimum Gasteiger partial charge on any atom is -0.408 e. The van der Waals surface area contributed by atoms with Crippen molar-refractivity contribution in [3.8, 4) is 0 Å². The molecular weight excluding hydrogens is 389 g/mol. The number of para-hydroxylation sites is 2. The molecule has 0 aliphatic heterocycles. The average molecular weight is 406 g/mol. The molecule has 0 aliphatic carbocycles. The van der Waals surface area contributed by atoms with Crippen LogP contribution in [0.4, 0.5) is 23.1 Å². The molecule has 123 valence electrons. The summed E-state index contributed by atoms with van der Waals surface area (Å²) in [7, 11) is 0. The van der Waals surface area contributed by atoms with Gasteiger partial charge in [-0.3, -0.25) is 9.78 Å². The predicted octanol–water partition coefficient (Wildman–Crippen LogP) is 4.35. The van der Waals surface area contributed by atoms with Crippen LogP contribution in [0.5, 0.6) is 0 Å². The Morgan fingerprint density at radius 2 is 1.76 bits per heavy atom. The first-order valence-corrected chi connectivity index (χ1v) is 7.72. The smallest absolute Gasteiger partial charge is 0.223 e. The predicted molar refractivity (Wildman–Crippen MR) is 94.9 cm³/mol. The van der Waals surface area contributed by atoms with Gasteiger partial charge in [-0.1, -0.05) is 37.3 Å². The first-order chi connectivity index (χ1) is 11.8. The number of hydrogen-bond acceptors (Lipinski definition) is 5. The zero-order valence-electron chi connectivity index (χ0n) is 13.9. The van der Waals surface area contributed by atoms with E-state index in [9.17, 15) is 4.79 Å². The average Bonchev–Trinajstić information content (AvgIpc) is 2.63. The van der Waals surface area contributed by atoms with Crippen LogP contribution in [0, 0.1) is 6.07 Å². The van der Waals surface area contributed by atoms with Gasteiger partial charge in [0.25, 0.3) is 0 Å². The van der Waals surface area contributed by atoms with E-state index < -0.39 is 0 Å². The molecular formula is C19H17N4OY-. The topological polar surface area (TPSA) is 66.9 Å². The van der Waals surface area contributed by atoms with Crippen molar-refractivity contribution in [2.45, 2.75) is 13.3 Å². The molecule has 3 aromatic rings. The number of hydrogen-bond donors (Lipinski definition) is 2. The third kappa shape index (κ3) is 5.18. The molecule has 0 fully saturated rings. The van der Waals surface area contributed by atoms with Crippen LogP contribution in [-0.2, 0) is 32.7 Å². The van der Waals surface area contributed by atoms with Crippen molar-refractivity contribution >= 4 is 28.9 Å². The van der Waals surface area contributed by atoms with Gasteiger partial charge in [0.15, 0.2) is 5.78 Å². The van der Waals surface area contributed by atoms with E-state index >= 15 is 0 Å². The minimum atomic E-state index is 0. The van der Waals surface area contributed by atoms with Crippen LogP contribution in [0.2, 0.25) is 0 Å². The van der Waals surface area contributed by atoms with Gasteiger partial charge in [0.1, 0.15) is 0 Å². The van der Waals surface area contributed by atoms with E-state index in [-0.39, 0.29) is 38.5 Å². The van der Waals surface area contributed by atoms with E-state index in [1.807, 2.05) is 55.5 Å². The van der Waals surface area contributed by atoms with E-state index in [4.69, 9.17) is 0 Å². The van der Waals surface area contributed by atoms with Gasteiger partial charge in [-0.25, -0.2) is 4.98 Å². The van der Waals surface area contributed by atoms with Crippen molar-refractivity contribution < 1.29 is 37.5 Å². The van der Waals surface area contributed by atoms with E-state index in [1.54, 1.807) is 12.3 Å². The van der Waals surface area contributed by atoms with Gasteiger partial charge < -0.3 is 16.7 Å². The van der Waals surface area contributed by atoms with Crippen molar-refractivity contribution in [1.82, 2.24) is 9.97 Å². The summed E-state index contributed by atoms with van der Waals surface area (Å²) in [5, 5.41) is 6.28. The summed E-state index contributed by atoms with van der Waals surface area (Å²) in [5.41, 5.74) is 2.26. The monoisotopic (exact) mass is 406 g/mol. The summed E-state index contributed by atoms with van der Waals surface area (Å²) >= 11 is 0. The molecule has 5 nitrogen and oxygen atoms in total. The number of anilines is 4. The van der Waals surface area contributed by atoms with Crippen LogP contribution in [0.15, 0.2) is 60.8 Å². The quantitative estimate of drug-likeness (QED) is 0.471. The first-order valence-electron chi connectivity index (χ1n) is 7.72. The zero-order chi connectivity index (χ0) is 16.8. The molecule has 0 amide bonds. The maximum Gasteiger partial charge on any atom is 0.223 e. The van der Waals surface area contributed by atoms with Gasteiger partial charge >= 0.3 is 0 Å². The number of carbonyl (C=O) groups is 1. The van der Waals surface area contributed by atoms with Crippen LogP contribution >= 0.6 is 0 Å². The molecule has 3 rings (SSSR count). The van der Waals surface area contributed by atoms with E-state index in [2.05, 4.69) is 26.7 Å². The summed E-state index contributed by atoms with van der Waals surface area (Å²) < 4.78 is 0. The molecule has 1 aromatic heterocycles. The van der Waals surface area contributed by atoms with Gasteiger partial charge in [-0.2, -0.15) is 0 Å². The fourth-order valence-corrected chi connectivity index (χ4v) is 2.25. The first kappa shape index (κ1) is 19.2. The SMILES string of the molecule is CCC(=O)c1ccccc1Nc1[c-]cnc(Nc2ccccc2)n1.[Y]. The zero-order valence-corrected chi connectivity index (χ0v) is 16.7. The van der Waals surface area contributed by atoms with Crippen LogP contribution in [0.1, 0.15) is 23.7 Å². The molecule has 2 N–H and O–H groups in total.